The molecule has 7 nitrogen and oxygen atoms in total. The van der Waals surface area contributed by atoms with Crippen LogP contribution in [0.25, 0.3) is 10.2 Å². The smallest absolute Gasteiger partial charge is 0.269 e. The first-order valence-electron chi connectivity index (χ1n) is 8.49. The van der Waals surface area contributed by atoms with Gasteiger partial charge in [0, 0.05) is 48.9 Å². The van der Waals surface area contributed by atoms with Gasteiger partial charge in [-0.2, -0.15) is 0 Å². The first-order chi connectivity index (χ1) is 12.5. The standard InChI is InChI=1S/C18H19N5O2S/c1-12-13(2)26-18-16(12)17(19-11-20-18)22-9-7-21(8-10-22)14-3-5-15(6-4-14)23(24)25/h3-6,11H,7-10H2,1-2H3. The van der Waals surface area contributed by atoms with Crippen LogP contribution >= 0.6 is 11.3 Å². The number of hydrogen-bond acceptors (Lipinski definition) is 7. The van der Waals surface area contributed by atoms with Crippen LogP contribution in [-0.4, -0.2) is 41.1 Å². The van der Waals surface area contributed by atoms with E-state index in [0.717, 1.165) is 42.5 Å². The molecule has 2 aromatic heterocycles. The molecule has 0 radical (unpaired) electrons. The fourth-order valence-corrected chi connectivity index (χ4v) is 4.36. The monoisotopic (exact) mass is 369 g/mol. The average Bonchev–Trinajstić information content (AvgIpc) is 2.96. The molecule has 1 aliphatic rings. The van der Waals surface area contributed by atoms with E-state index in [4.69, 9.17) is 0 Å². The van der Waals surface area contributed by atoms with Crippen LogP contribution in [0.15, 0.2) is 30.6 Å². The zero-order valence-corrected chi connectivity index (χ0v) is 15.5. The lowest BCUT2D eigenvalue weighted by Crippen LogP contribution is -2.46. The van der Waals surface area contributed by atoms with E-state index >= 15 is 0 Å². The maximum absolute atomic E-state index is 10.8. The Morgan fingerprint density at radius 2 is 1.69 bits per heavy atom. The lowest BCUT2D eigenvalue weighted by molar-refractivity contribution is -0.384. The van der Waals surface area contributed by atoms with E-state index in [2.05, 4.69) is 33.6 Å². The van der Waals surface area contributed by atoms with Crippen molar-refractivity contribution in [3.8, 4) is 0 Å². The summed E-state index contributed by atoms with van der Waals surface area (Å²) in [5.74, 6) is 1.01. The molecule has 0 spiro atoms. The van der Waals surface area contributed by atoms with Crippen LogP contribution in [0.2, 0.25) is 0 Å². The second-order valence-corrected chi connectivity index (χ2v) is 7.61. The van der Waals surface area contributed by atoms with Crippen molar-refractivity contribution >= 4 is 38.7 Å². The minimum absolute atomic E-state index is 0.124. The number of nitrogens with zero attached hydrogens (tertiary/aromatic N) is 5. The van der Waals surface area contributed by atoms with Gasteiger partial charge in [0.05, 0.1) is 10.3 Å². The van der Waals surface area contributed by atoms with Gasteiger partial charge in [-0.3, -0.25) is 10.1 Å². The summed E-state index contributed by atoms with van der Waals surface area (Å²) in [5.41, 5.74) is 2.41. The van der Waals surface area contributed by atoms with Gasteiger partial charge in [0.2, 0.25) is 0 Å². The molecule has 0 bridgehead atoms. The number of nitro groups is 1. The van der Waals surface area contributed by atoms with Gasteiger partial charge < -0.3 is 9.80 Å². The van der Waals surface area contributed by atoms with Crippen LogP contribution in [0.4, 0.5) is 17.2 Å². The number of nitro benzene ring substituents is 1. The third-order valence-electron chi connectivity index (χ3n) is 4.95. The summed E-state index contributed by atoms with van der Waals surface area (Å²) < 4.78 is 0. The van der Waals surface area contributed by atoms with E-state index in [1.807, 2.05) is 12.1 Å². The fourth-order valence-electron chi connectivity index (χ4n) is 3.37. The summed E-state index contributed by atoms with van der Waals surface area (Å²) in [5, 5.41) is 12.0. The first-order valence-corrected chi connectivity index (χ1v) is 9.31. The van der Waals surface area contributed by atoms with Crippen LogP contribution in [-0.2, 0) is 0 Å². The quantitative estimate of drug-likeness (QED) is 0.519. The first kappa shape index (κ1) is 16.7. The van der Waals surface area contributed by atoms with E-state index in [1.165, 1.54) is 15.8 Å². The van der Waals surface area contributed by atoms with Gasteiger partial charge in [0.1, 0.15) is 17.0 Å². The Labute approximate surface area is 155 Å². The third kappa shape index (κ3) is 2.86. The molecule has 0 atom stereocenters. The molecule has 0 N–H and O–H groups in total. The summed E-state index contributed by atoms with van der Waals surface area (Å²) in [6.45, 7) is 7.68. The largest absolute Gasteiger partial charge is 0.368 e. The number of anilines is 2. The van der Waals surface area contributed by atoms with Gasteiger partial charge in [0.15, 0.2) is 0 Å². The highest BCUT2D eigenvalue weighted by Gasteiger charge is 2.22. The Bertz CT molecular complexity index is 962. The summed E-state index contributed by atoms with van der Waals surface area (Å²) >= 11 is 1.71. The van der Waals surface area contributed by atoms with Crippen LogP contribution in [0.5, 0.6) is 0 Å². The number of non-ortho nitro benzene ring substituents is 1. The number of fused-ring (bicyclic) bond motifs is 1. The molecule has 26 heavy (non-hydrogen) atoms. The Morgan fingerprint density at radius 1 is 1.04 bits per heavy atom. The highest BCUT2D eigenvalue weighted by atomic mass is 32.1. The summed E-state index contributed by atoms with van der Waals surface area (Å²) in [6.07, 6.45) is 1.65. The Morgan fingerprint density at radius 3 is 2.35 bits per heavy atom. The van der Waals surface area contributed by atoms with Crippen molar-refractivity contribution in [2.75, 3.05) is 36.0 Å². The number of aromatic nitrogens is 2. The van der Waals surface area contributed by atoms with Gasteiger partial charge in [-0.1, -0.05) is 0 Å². The summed E-state index contributed by atoms with van der Waals surface area (Å²) in [4.78, 5) is 26.3. The number of thiophene rings is 1. The summed E-state index contributed by atoms with van der Waals surface area (Å²) in [6, 6.07) is 6.77. The number of piperazine rings is 1. The van der Waals surface area contributed by atoms with E-state index < -0.39 is 0 Å². The highest BCUT2D eigenvalue weighted by molar-refractivity contribution is 7.18. The fraction of sp³-hybridized carbons (Fsp3) is 0.333. The molecule has 1 aromatic carbocycles. The van der Waals surface area contributed by atoms with Crippen LogP contribution in [0, 0.1) is 24.0 Å². The maximum Gasteiger partial charge on any atom is 0.269 e. The second-order valence-electron chi connectivity index (χ2n) is 6.41. The Hall–Kier alpha value is -2.74. The Kier molecular flexibility index (Phi) is 4.20. The number of aryl methyl sites for hydroxylation is 2. The van der Waals surface area contributed by atoms with Gasteiger partial charge in [0.25, 0.3) is 5.69 Å². The molecule has 0 saturated carbocycles. The molecule has 0 amide bonds. The van der Waals surface area contributed by atoms with Gasteiger partial charge in [-0.25, -0.2) is 9.97 Å². The summed E-state index contributed by atoms with van der Waals surface area (Å²) in [7, 11) is 0. The van der Waals surface area contributed by atoms with Crippen molar-refractivity contribution in [2.24, 2.45) is 0 Å². The molecular weight excluding hydrogens is 350 g/mol. The van der Waals surface area contributed by atoms with Crippen molar-refractivity contribution < 1.29 is 4.92 Å². The molecular formula is C18H19N5O2S. The zero-order chi connectivity index (χ0) is 18.3. The second kappa shape index (κ2) is 6.53. The number of rotatable bonds is 3. The lowest BCUT2D eigenvalue weighted by Gasteiger charge is -2.37. The molecule has 3 heterocycles. The molecule has 0 aliphatic carbocycles. The Balaban J connectivity index is 1.53. The van der Waals surface area contributed by atoms with Crippen LogP contribution < -0.4 is 9.80 Å². The molecule has 1 aliphatic heterocycles. The average molecular weight is 369 g/mol. The molecule has 0 unspecified atom stereocenters. The number of benzene rings is 1. The molecule has 1 fully saturated rings. The topological polar surface area (TPSA) is 75.4 Å². The third-order valence-corrected chi connectivity index (χ3v) is 6.07. The van der Waals surface area contributed by atoms with E-state index in [9.17, 15) is 10.1 Å². The highest BCUT2D eigenvalue weighted by Crippen LogP contribution is 2.34. The predicted octanol–water partition coefficient (Wildman–Crippen LogP) is 3.54. The minimum Gasteiger partial charge on any atom is -0.368 e. The minimum atomic E-state index is -0.368. The van der Waals surface area contributed by atoms with Crippen molar-refractivity contribution in [2.45, 2.75) is 13.8 Å². The number of hydrogen-bond donors (Lipinski definition) is 0. The van der Waals surface area contributed by atoms with Crippen molar-refractivity contribution in [1.82, 2.24) is 9.97 Å². The normalized spacial score (nSPS) is 14.8. The van der Waals surface area contributed by atoms with Gasteiger partial charge in [-0.15, -0.1) is 11.3 Å². The molecule has 3 aromatic rings. The zero-order valence-electron chi connectivity index (χ0n) is 14.7. The van der Waals surface area contributed by atoms with Crippen LogP contribution in [0.1, 0.15) is 10.4 Å². The van der Waals surface area contributed by atoms with Crippen molar-refractivity contribution in [3.63, 3.8) is 0 Å². The van der Waals surface area contributed by atoms with Gasteiger partial charge >= 0.3 is 0 Å². The van der Waals surface area contributed by atoms with E-state index in [0.29, 0.717) is 0 Å². The van der Waals surface area contributed by atoms with E-state index in [1.54, 1.807) is 29.8 Å². The lowest BCUT2D eigenvalue weighted by atomic mass is 10.2. The van der Waals surface area contributed by atoms with Crippen LogP contribution in [0.3, 0.4) is 0 Å². The van der Waals surface area contributed by atoms with Crippen molar-refractivity contribution in [3.05, 3.63) is 51.1 Å². The molecule has 1 saturated heterocycles. The van der Waals surface area contributed by atoms with Gasteiger partial charge in [-0.05, 0) is 31.5 Å². The molecule has 134 valence electrons. The predicted molar refractivity (Wildman–Crippen MR) is 104 cm³/mol. The van der Waals surface area contributed by atoms with Crippen molar-refractivity contribution in [1.29, 1.82) is 0 Å². The maximum atomic E-state index is 10.8. The SMILES string of the molecule is Cc1sc2ncnc(N3CCN(c4ccc([N+](=O)[O-])cc4)CC3)c2c1C. The molecule has 4 rings (SSSR count). The molecule has 8 heteroatoms. The van der Waals surface area contributed by atoms with E-state index in [-0.39, 0.29) is 10.6 Å².